The number of aliphatic carboxylic acids is 1. The molecule has 0 aromatic carbocycles. The van der Waals surface area contributed by atoms with Crippen molar-refractivity contribution in [1.82, 2.24) is 25.4 Å². The molecule has 1 aliphatic carbocycles. The van der Waals surface area contributed by atoms with E-state index in [4.69, 9.17) is 22.2 Å². The molecule has 2 aromatic heterocycles. The van der Waals surface area contributed by atoms with E-state index in [1.807, 2.05) is 12.2 Å². The Morgan fingerprint density at radius 3 is 2.95 bits per heavy atom. The summed E-state index contributed by atoms with van der Waals surface area (Å²) in [6, 6.07) is -0.953. The summed E-state index contributed by atoms with van der Waals surface area (Å²) in [6.07, 6.45) is 9.24. The molecule has 5 rings (SSSR count). The normalized spacial score (nSPS) is 22.9. The summed E-state index contributed by atoms with van der Waals surface area (Å²) in [5.41, 5.74) is 6.55. The highest BCUT2D eigenvalue weighted by molar-refractivity contribution is 8.06. The Bertz CT molecular complexity index is 1340. The minimum atomic E-state index is -1.19. The number of carbonyl (C=O) groups is 3. The number of fused-ring (bicyclic) bond motifs is 1. The number of allylic oxidation sites excluding steroid dienone is 1. The SMILES string of the molecule is Nc1nc(/C(=N/OC2C=CCC2)C(=O)N[C@@H]2C(=O)N3C(C(=O)O)=C(SCCc4cn[nH]c4)CS[C@@H]23)c(Cl)s1. The molecule has 0 saturated carbocycles. The van der Waals surface area contributed by atoms with Gasteiger partial charge < -0.3 is 21.0 Å². The first-order chi connectivity index (χ1) is 18.3. The second-order valence-corrected chi connectivity index (χ2v) is 12.3. The lowest BCUT2D eigenvalue weighted by atomic mass is 10.0. The molecule has 2 aliphatic heterocycles. The van der Waals surface area contributed by atoms with Crippen molar-refractivity contribution in [2.24, 2.45) is 5.16 Å². The number of nitrogen functional groups attached to an aromatic ring is 1. The minimum Gasteiger partial charge on any atom is -0.477 e. The van der Waals surface area contributed by atoms with Crippen molar-refractivity contribution >= 4 is 75.1 Å². The van der Waals surface area contributed by atoms with Gasteiger partial charge in [-0.2, -0.15) is 5.10 Å². The summed E-state index contributed by atoms with van der Waals surface area (Å²) in [7, 11) is 0. The number of hydrogen-bond donors (Lipinski definition) is 4. The Morgan fingerprint density at radius 1 is 1.45 bits per heavy atom. The van der Waals surface area contributed by atoms with E-state index in [1.54, 1.807) is 12.4 Å². The largest absolute Gasteiger partial charge is 0.477 e. The fourth-order valence-corrected chi connectivity index (χ4v) is 7.65. The fourth-order valence-electron chi connectivity index (χ4n) is 4.09. The highest BCUT2D eigenvalue weighted by Crippen LogP contribution is 2.43. The molecule has 0 spiro atoms. The average Bonchev–Trinajstić information content (AvgIpc) is 3.66. The van der Waals surface area contributed by atoms with Gasteiger partial charge in [-0.15, -0.1) is 23.5 Å². The van der Waals surface area contributed by atoms with Gasteiger partial charge in [0.2, 0.25) is 0 Å². The number of halogens is 1. The number of carboxylic acid groups (broad SMARTS) is 1. The predicted octanol–water partition coefficient (Wildman–Crippen LogP) is 2.21. The molecule has 3 aliphatic rings. The number of nitrogens with one attached hydrogen (secondary N) is 2. The summed E-state index contributed by atoms with van der Waals surface area (Å²) in [5, 5.41) is 22.8. The predicted molar refractivity (Wildman–Crippen MR) is 146 cm³/mol. The first kappa shape index (κ1) is 26.6. The number of rotatable bonds is 10. The number of nitrogens with zero attached hydrogens (tertiary/aromatic N) is 4. The van der Waals surface area contributed by atoms with Crippen LogP contribution in [0.3, 0.4) is 0 Å². The van der Waals surface area contributed by atoms with E-state index >= 15 is 0 Å². The Kier molecular flexibility index (Phi) is 7.97. The summed E-state index contributed by atoms with van der Waals surface area (Å²) in [4.78, 5) is 49.9. The van der Waals surface area contributed by atoms with Crippen LogP contribution in [0, 0.1) is 0 Å². The number of thiazole rings is 1. The highest BCUT2D eigenvalue weighted by Gasteiger charge is 2.54. The lowest BCUT2D eigenvalue weighted by Gasteiger charge is -2.49. The lowest BCUT2D eigenvalue weighted by Crippen LogP contribution is -2.71. The number of aromatic nitrogens is 3. The first-order valence-electron chi connectivity index (χ1n) is 11.5. The molecular weight excluding hydrogens is 574 g/mol. The molecule has 200 valence electrons. The Morgan fingerprint density at radius 2 is 2.29 bits per heavy atom. The molecule has 12 nitrogen and oxygen atoms in total. The molecule has 4 heterocycles. The number of H-pyrrole nitrogens is 1. The van der Waals surface area contributed by atoms with E-state index in [0.717, 1.165) is 23.3 Å². The van der Waals surface area contributed by atoms with E-state index in [9.17, 15) is 19.5 Å². The smallest absolute Gasteiger partial charge is 0.353 e. The van der Waals surface area contributed by atoms with E-state index in [1.165, 1.54) is 28.4 Å². The molecule has 1 unspecified atom stereocenters. The third-order valence-electron chi connectivity index (χ3n) is 5.93. The van der Waals surface area contributed by atoms with Crippen LogP contribution in [-0.4, -0.2) is 77.7 Å². The summed E-state index contributed by atoms with van der Waals surface area (Å²) in [5.74, 6) is -1.41. The van der Waals surface area contributed by atoms with Crippen LogP contribution in [0.4, 0.5) is 5.13 Å². The van der Waals surface area contributed by atoms with Crippen LogP contribution in [0.5, 0.6) is 0 Å². The number of thioether (sulfide) groups is 2. The zero-order valence-corrected chi connectivity index (χ0v) is 22.8. The molecular formula is C22H22ClN7O5S3. The number of anilines is 1. The molecule has 16 heteroatoms. The van der Waals surface area contributed by atoms with Gasteiger partial charge in [-0.05, 0) is 30.9 Å². The monoisotopic (exact) mass is 595 g/mol. The number of amides is 2. The first-order valence-corrected chi connectivity index (χ1v) is 14.7. The van der Waals surface area contributed by atoms with Gasteiger partial charge >= 0.3 is 5.97 Å². The van der Waals surface area contributed by atoms with E-state index < -0.39 is 29.2 Å². The summed E-state index contributed by atoms with van der Waals surface area (Å²) >= 11 is 9.99. The van der Waals surface area contributed by atoms with Gasteiger partial charge in [-0.3, -0.25) is 19.6 Å². The van der Waals surface area contributed by atoms with Crippen LogP contribution in [-0.2, 0) is 25.6 Å². The van der Waals surface area contributed by atoms with Gasteiger partial charge in [0.05, 0.1) is 6.20 Å². The van der Waals surface area contributed by atoms with Crippen LogP contribution in [0.2, 0.25) is 4.34 Å². The number of carboxylic acids is 1. The maximum atomic E-state index is 13.3. The molecule has 5 N–H and O–H groups in total. The van der Waals surface area contributed by atoms with Crippen molar-refractivity contribution in [2.45, 2.75) is 36.8 Å². The lowest BCUT2D eigenvalue weighted by molar-refractivity contribution is -0.150. The number of aromatic amines is 1. The van der Waals surface area contributed by atoms with Gasteiger partial charge in [0.25, 0.3) is 11.8 Å². The van der Waals surface area contributed by atoms with Gasteiger partial charge in [-0.25, -0.2) is 9.78 Å². The maximum absolute atomic E-state index is 13.3. The molecule has 1 fully saturated rings. The third-order valence-corrected chi connectivity index (χ3v) is 9.57. The average molecular weight is 596 g/mol. The molecule has 3 atom stereocenters. The van der Waals surface area contributed by atoms with Crippen molar-refractivity contribution in [2.75, 3.05) is 17.2 Å². The molecule has 2 aromatic rings. The second-order valence-electron chi connectivity index (χ2n) is 8.41. The third kappa shape index (κ3) is 5.41. The molecule has 0 bridgehead atoms. The molecule has 2 amide bonds. The zero-order chi connectivity index (χ0) is 26.8. The molecule has 1 saturated heterocycles. The number of hydrogen-bond acceptors (Lipinski definition) is 11. The van der Waals surface area contributed by atoms with Crippen molar-refractivity contribution < 1.29 is 24.3 Å². The molecule has 0 radical (unpaired) electrons. The second kappa shape index (κ2) is 11.4. The van der Waals surface area contributed by atoms with Crippen molar-refractivity contribution in [3.63, 3.8) is 0 Å². The van der Waals surface area contributed by atoms with Crippen molar-refractivity contribution in [3.8, 4) is 0 Å². The van der Waals surface area contributed by atoms with E-state index in [2.05, 4.69) is 25.7 Å². The van der Waals surface area contributed by atoms with Crippen LogP contribution in [0.1, 0.15) is 24.1 Å². The summed E-state index contributed by atoms with van der Waals surface area (Å²) in [6.45, 7) is 0. The number of oxime groups is 1. The van der Waals surface area contributed by atoms with Crippen LogP contribution in [0.15, 0.2) is 40.3 Å². The number of aryl methyl sites for hydroxylation is 1. The highest BCUT2D eigenvalue weighted by atomic mass is 35.5. The standard InChI is InChI=1S/C22H22ClN7O5S3/c23-17-13(28-22(24)38-17)14(29-35-11-3-1-2-4-11)18(31)27-15-19(32)30-16(21(33)34)12(9-37-20(15)30)36-6-5-10-7-25-26-8-10/h1,3,7-8,11,15,20H,2,4-6,9H2,(H2,24,28)(H,25,26)(H,27,31)(H,33,34)/b29-14-/t11?,15-,20+/m1/s1. The quantitative estimate of drug-likeness (QED) is 0.138. The van der Waals surface area contributed by atoms with E-state index in [0.29, 0.717) is 29.3 Å². The Hall–Kier alpha value is -3.01. The van der Waals surface area contributed by atoms with Gasteiger partial charge in [0.1, 0.15) is 33.2 Å². The van der Waals surface area contributed by atoms with Gasteiger partial charge in [0.15, 0.2) is 10.8 Å². The van der Waals surface area contributed by atoms with Gasteiger partial charge in [0, 0.05) is 22.6 Å². The van der Waals surface area contributed by atoms with Crippen LogP contribution in [0.25, 0.3) is 0 Å². The number of nitrogens with two attached hydrogens (primary N) is 1. The van der Waals surface area contributed by atoms with E-state index in [-0.39, 0.29) is 32.7 Å². The topological polar surface area (TPSA) is 176 Å². The van der Waals surface area contributed by atoms with Crippen LogP contribution < -0.4 is 11.1 Å². The summed E-state index contributed by atoms with van der Waals surface area (Å²) < 4.78 is 0.156. The maximum Gasteiger partial charge on any atom is 0.353 e. The molecule has 38 heavy (non-hydrogen) atoms. The Balaban J connectivity index is 1.30. The van der Waals surface area contributed by atoms with Crippen molar-refractivity contribution in [1.29, 1.82) is 0 Å². The Labute approximate surface area is 234 Å². The zero-order valence-electron chi connectivity index (χ0n) is 19.6. The minimum absolute atomic E-state index is 0.0519. The number of carbonyl (C=O) groups excluding carboxylic acids is 2. The number of β-lactam (4-membered cyclic amide) rings is 1. The van der Waals surface area contributed by atoms with Crippen molar-refractivity contribution in [3.05, 3.63) is 50.7 Å². The fraction of sp³-hybridized carbons (Fsp3) is 0.364. The van der Waals surface area contributed by atoms with Crippen LogP contribution >= 0.6 is 46.5 Å². The van der Waals surface area contributed by atoms with Gasteiger partial charge in [-0.1, -0.05) is 34.2 Å².